The molecule has 1 aromatic carbocycles. The highest BCUT2D eigenvalue weighted by Gasteiger charge is 2.30. The molecule has 1 N–H and O–H groups in total. The Hall–Kier alpha value is -1.88. The van der Waals surface area contributed by atoms with Crippen molar-refractivity contribution in [2.75, 3.05) is 6.54 Å². The van der Waals surface area contributed by atoms with Crippen molar-refractivity contribution in [3.8, 4) is 0 Å². The fourth-order valence-corrected chi connectivity index (χ4v) is 2.25. The lowest BCUT2D eigenvalue weighted by molar-refractivity contribution is -0.137. The van der Waals surface area contributed by atoms with Crippen molar-refractivity contribution in [2.24, 2.45) is 0 Å². The summed E-state index contributed by atoms with van der Waals surface area (Å²) in [5.41, 5.74) is 2.18. The van der Waals surface area contributed by atoms with Crippen LogP contribution in [0.15, 0.2) is 42.7 Å². The summed E-state index contributed by atoms with van der Waals surface area (Å²) in [6.45, 7) is 4.63. The molecule has 1 aromatic heterocycles. The molecule has 1 heterocycles. The third kappa shape index (κ3) is 3.61. The van der Waals surface area contributed by atoms with Crippen LogP contribution in [0.5, 0.6) is 0 Å². The van der Waals surface area contributed by atoms with Gasteiger partial charge in [-0.1, -0.05) is 19.1 Å². The number of rotatable bonds is 4. The van der Waals surface area contributed by atoms with E-state index in [4.69, 9.17) is 0 Å². The van der Waals surface area contributed by atoms with Crippen LogP contribution in [-0.4, -0.2) is 11.5 Å². The number of hydrogen-bond acceptors (Lipinski definition) is 2. The number of aryl methyl sites for hydroxylation is 1. The molecule has 0 fully saturated rings. The molecule has 0 amide bonds. The summed E-state index contributed by atoms with van der Waals surface area (Å²) in [6, 6.07) is 7.00. The van der Waals surface area contributed by atoms with Gasteiger partial charge in [0.15, 0.2) is 0 Å². The second-order valence-electron chi connectivity index (χ2n) is 4.84. The maximum Gasteiger partial charge on any atom is 0.416 e. The first-order valence-electron chi connectivity index (χ1n) is 6.74. The van der Waals surface area contributed by atoms with Crippen molar-refractivity contribution < 1.29 is 13.2 Å². The van der Waals surface area contributed by atoms with Crippen molar-refractivity contribution in [1.82, 2.24) is 10.3 Å². The van der Waals surface area contributed by atoms with E-state index in [0.717, 1.165) is 28.8 Å². The molecule has 0 radical (unpaired) electrons. The Bertz CT molecular complexity index is 591. The fourth-order valence-electron chi connectivity index (χ4n) is 2.25. The highest BCUT2D eigenvalue weighted by molar-refractivity contribution is 5.36. The van der Waals surface area contributed by atoms with Crippen LogP contribution in [0.4, 0.5) is 13.2 Å². The first kappa shape index (κ1) is 15.5. The van der Waals surface area contributed by atoms with Gasteiger partial charge in [-0.2, -0.15) is 13.2 Å². The monoisotopic (exact) mass is 294 g/mol. The molecule has 1 atom stereocenters. The molecule has 0 aliphatic rings. The van der Waals surface area contributed by atoms with E-state index in [-0.39, 0.29) is 6.04 Å². The van der Waals surface area contributed by atoms with Crippen LogP contribution in [0.3, 0.4) is 0 Å². The average molecular weight is 294 g/mol. The standard InChI is InChI=1S/C16H17F3N2/c1-3-21-15(14-10-20-9-8-11(14)2)12-4-6-13(7-5-12)16(17,18)19/h4-10,15,21H,3H2,1-2H3. The third-order valence-corrected chi connectivity index (χ3v) is 3.37. The predicted octanol–water partition coefficient (Wildman–Crippen LogP) is 4.11. The van der Waals surface area contributed by atoms with E-state index in [1.165, 1.54) is 12.1 Å². The van der Waals surface area contributed by atoms with E-state index in [2.05, 4.69) is 10.3 Å². The molecule has 2 aromatic rings. The Kier molecular flexibility index (Phi) is 4.63. The molecular weight excluding hydrogens is 277 g/mol. The van der Waals surface area contributed by atoms with Crippen LogP contribution in [0.2, 0.25) is 0 Å². The Balaban J connectivity index is 2.37. The van der Waals surface area contributed by atoms with Crippen molar-refractivity contribution >= 4 is 0 Å². The predicted molar refractivity (Wildman–Crippen MR) is 75.9 cm³/mol. The highest BCUT2D eigenvalue weighted by atomic mass is 19.4. The number of alkyl halides is 3. The molecule has 5 heteroatoms. The number of nitrogens with one attached hydrogen (secondary N) is 1. The minimum absolute atomic E-state index is 0.161. The van der Waals surface area contributed by atoms with Gasteiger partial charge in [-0.15, -0.1) is 0 Å². The molecule has 0 spiro atoms. The van der Waals surface area contributed by atoms with Gasteiger partial charge in [0, 0.05) is 12.4 Å². The SMILES string of the molecule is CCNC(c1ccc(C(F)(F)F)cc1)c1cnccc1C. The minimum Gasteiger partial charge on any atom is -0.306 e. The lowest BCUT2D eigenvalue weighted by Crippen LogP contribution is -2.23. The molecule has 0 saturated carbocycles. The van der Waals surface area contributed by atoms with Crippen LogP contribution in [0, 0.1) is 6.92 Å². The number of hydrogen-bond donors (Lipinski definition) is 1. The first-order valence-corrected chi connectivity index (χ1v) is 6.74. The van der Waals surface area contributed by atoms with Gasteiger partial charge >= 0.3 is 6.18 Å². The third-order valence-electron chi connectivity index (χ3n) is 3.37. The lowest BCUT2D eigenvalue weighted by Gasteiger charge is -2.21. The molecule has 2 nitrogen and oxygen atoms in total. The van der Waals surface area contributed by atoms with Crippen molar-refractivity contribution in [1.29, 1.82) is 0 Å². The fraction of sp³-hybridized carbons (Fsp3) is 0.312. The summed E-state index contributed by atoms with van der Waals surface area (Å²) >= 11 is 0. The zero-order chi connectivity index (χ0) is 15.5. The molecular formula is C16H17F3N2. The molecule has 0 aliphatic heterocycles. The normalized spacial score (nSPS) is 13.2. The van der Waals surface area contributed by atoms with Gasteiger partial charge in [-0.25, -0.2) is 0 Å². The minimum atomic E-state index is -4.31. The largest absolute Gasteiger partial charge is 0.416 e. The Morgan fingerprint density at radius 3 is 2.33 bits per heavy atom. The van der Waals surface area contributed by atoms with Gasteiger partial charge in [-0.05, 0) is 48.4 Å². The van der Waals surface area contributed by atoms with E-state index < -0.39 is 11.7 Å². The van der Waals surface area contributed by atoms with E-state index >= 15 is 0 Å². The van der Waals surface area contributed by atoms with Gasteiger partial charge in [0.05, 0.1) is 11.6 Å². The zero-order valence-corrected chi connectivity index (χ0v) is 11.9. The number of pyridine rings is 1. The second kappa shape index (κ2) is 6.26. The molecule has 0 aliphatic carbocycles. The quantitative estimate of drug-likeness (QED) is 0.918. The summed E-state index contributed by atoms with van der Waals surface area (Å²) in [5.74, 6) is 0. The smallest absolute Gasteiger partial charge is 0.306 e. The number of benzene rings is 1. The maximum atomic E-state index is 12.6. The summed E-state index contributed by atoms with van der Waals surface area (Å²) < 4.78 is 37.9. The number of nitrogens with zero attached hydrogens (tertiary/aromatic N) is 1. The van der Waals surface area contributed by atoms with Crippen LogP contribution < -0.4 is 5.32 Å². The summed E-state index contributed by atoms with van der Waals surface area (Å²) in [6.07, 6.45) is -0.856. The summed E-state index contributed by atoms with van der Waals surface area (Å²) in [5, 5.41) is 3.29. The van der Waals surface area contributed by atoms with Gasteiger partial charge in [0.2, 0.25) is 0 Å². The number of halogens is 3. The van der Waals surface area contributed by atoms with Crippen molar-refractivity contribution in [2.45, 2.75) is 26.1 Å². The van der Waals surface area contributed by atoms with E-state index in [9.17, 15) is 13.2 Å². The summed E-state index contributed by atoms with van der Waals surface area (Å²) in [7, 11) is 0. The molecule has 2 rings (SSSR count). The maximum absolute atomic E-state index is 12.6. The Morgan fingerprint density at radius 1 is 1.14 bits per heavy atom. The number of aromatic nitrogens is 1. The van der Waals surface area contributed by atoms with Crippen molar-refractivity contribution in [3.05, 3.63) is 65.0 Å². The lowest BCUT2D eigenvalue weighted by atomic mass is 9.96. The van der Waals surface area contributed by atoms with Crippen LogP contribution >= 0.6 is 0 Å². The molecule has 0 saturated heterocycles. The van der Waals surface area contributed by atoms with Gasteiger partial charge in [0.1, 0.15) is 0 Å². The van der Waals surface area contributed by atoms with Crippen molar-refractivity contribution in [3.63, 3.8) is 0 Å². The Labute approximate surface area is 122 Å². The summed E-state index contributed by atoms with van der Waals surface area (Å²) in [4.78, 5) is 4.11. The second-order valence-corrected chi connectivity index (χ2v) is 4.84. The first-order chi connectivity index (χ1) is 9.93. The molecule has 112 valence electrons. The molecule has 1 unspecified atom stereocenters. The van der Waals surface area contributed by atoms with Gasteiger partial charge in [-0.3, -0.25) is 4.98 Å². The molecule has 21 heavy (non-hydrogen) atoms. The Morgan fingerprint density at radius 2 is 1.81 bits per heavy atom. The molecule has 0 bridgehead atoms. The van der Waals surface area contributed by atoms with Gasteiger partial charge in [0.25, 0.3) is 0 Å². The van der Waals surface area contributed by atoms with Crippen LogP contribution in [0.1, 0.15) is 35.2 Å². The highest BCUT2D eigenvalue weighted by Crippen LogP contribution is 2.31. The van der Waals surface area contributed by atoms with E-state index in [0.29, 0.717) is 6.54 Å². The van der Waals surface area contributed by atoms with Crippen LogP contribution in [0.25, 0.3) is 0 Å². The van der Waals surface area contributed by atoms with Gasteiger partial charge < -0.3 is 5.32 Å². The van der Waals surface area contributed by atoms with Crippen LogP contribution in [-0.2, 0) is 6.18 Å². The topological polar surface area (TPSA) is 24.9 Å². The average Bonchev–Trinajstić information content (AvgIpc) is 2.45. The zero-order valence-electron chi connectivity index (χ0n) is 11.9. The van der Waals surface area contributed by atoms with E-state index in [1.54, 1.807) is 12.4 Å². The van der Waals surface area contributed by atoms with E-state index in [1.807, 2.05) is 19.9 Å².